The summed E-state index contributed by atoms with van der Waals surface area (Å²) in [4.78, 5) is 14.5. The first-order valence-electron chi connectivity index (χ1n) is 4.95. The van der Waals surface area contributed by atoms with Crippen molar-refractivity contribution in [2.75, 3.05) is 0 Å². The van der Waals surface area contributed by atoms with Crippen molar-refractivity contribution in [2.45, 2.75) is 39.2 Å². The lowest BCUT2D eigenvalue weighted by molar-refractivity contribution is -0.137. The summed E-state index contributed by atoms with van der Waals surface area (Å²) < 4.78 is 2.04. The monoisotopic (exact) mass is 196 g/mol. The van der Waals surface area contributed by atoms with E-state index < -0.39 is 5.97 Å². The maximum Gasteiger partial charge on any atom is 0.303 e. The van der Waals surface area contributed by atoms with Crippen LogP contribution in [0.5, 0.6) is 0 Å². The maximum atomic E-state index is 10.3. The molecular weight excluding hydrogens is 180 g/mol. The molecule has 0 bridgehead atoms. The minimum atomic E-state index is -0.738. The van der Waals surface area contributed by atoms with Gasteiger partial charge in [-0.15, -0.1) is 0 Å². The zero-order chi connectivity index (χ0) is 10.4. The molecule has 0 aliphatic carbocycles. The lowest BCUT2D eigenvalue weighted by Crippen LogP contribution is -1.96. The van der Waals surface area contributed by atoms with Gasteiger partial charge in [-0.3, -0.25) is 4.79 Å². The summed E-state index contributed by atoms with van der Waals surface area (Å²) >= 11 is 0. The molecule has 0 unspecified atom stereocenters. The Morgan fingerprint density at radius 2 is 2.43 bits per heavy atom. The number of carboxylic acids is 1. The van der Waals surface area contributed by atoms with E-state index in [1.807, 2.05) is 10.8 Å². The van der Waals surface area contributed by atoms with Crippen LogP contribution >= 0.6 is 0 Å². The second-order valence-electron chi connectivity index (χ2n) is 3.35. The van der Waals surface area contributed by atoms with Gasteiger partial charge in [-0.2, -0.15) is 0 Å². The topological polar surface area (TPSA) is 55.1 Å². The van der Waals surface area contributed by atoms with Crippen LogP contribution in [0.1, 0.15) is 31.9 Å². The Hall–Kier alpha value is -1.32. The quantitative estimate of drug-likeness (QED) is 0.753. The molecule has 0 fully saturated rings. The number of aliphatic carboxylic acids is 1. The predicted octanol–water partition coefficient (Wildman–Crippen LogP) is 1.70. The Kier molecular flexibility index (Phi) is 4.16. The minimum absolute atomic E-state index is 0.223. The Balaban J connectivity index is 2.32. The van der Waals surface area contributed by atoms with Crippen LogP contribution in [0.15, 0.2) is 12.5 Å². The van der Waals surface area contributed by atoms with Crippen molar-refractivity contribution >= 4 is 5.97 Å². The van der Waals surface area contributed by atoms with Crippen molar-refractivity contribution in [1.82, 2.24) is 9.55 Å². The fourth-order valence-corrected chi connectivity index (χ4v) is 1.34. The fourth-order valence-electron chi connectivity index (χ4n) is 1.34. The lowest BCUT2D eigenvalue weighted by atomic mass is 10.2. The number of carboxylic acid groups (broad SMARTS) is 1. The second-order valence-corrected chi connectivity index (χ2v) is 3.35. The van der Waals surface area contributed by atoms with Gasteiger partial charge < -0.3 is 9.67 Å². The molecule has 0 aromatic carbocycles. The van der Waals surface area contributed by atoms with Crippen LogP contribution in [0.25, 0.3) is 0 Å². The summed E-state index contributed by atoms with van der Waals surface area (Å²) in [5, 5.41) is 8.46. The van der Waals surface area contributed by atoms with Gasteiger partial charge in [0.15, 0.2) is 0 Å². The number of rotatable bonds is 6. The first kappa shape index (κ1) is 10.8. The molecule has 0 saturated heterocycles. The highest BCUT2D eigenvalue weighted by Gasteiger charge is 2.00. The third-order valence-corrected chi connectivity index (χ3v) is 1.99. The fraction of sp³-hybridized carbons (Fsp3) is 0.600. The second kappa shape index (κ2) is 5.42. The average Bonchev–Trinajstić information content (AvgIpc) is 2.53. The van der Waals surface area contributed by atoms with Crippen molar-refractivity contribution in [3.05, 3.63) is 18.2 Å². The molecule has 1 rings (SSSR count). The summed E-state index contributed by atoms with van der Waals surface area (Å²) in [5.74, 6) is -0.738. The van der Waals surface area contributed by atoms with Crippen molar-refractivity contribution < 1.29 is 9.90 Å². The van der Waals surface area contributed by atoms with Crippen LogP contribution < -0.4 is 0 Å². The van der Waals surface area contributed by atoms with Gasteiger partial charge in [-0.1, -0.05) is 6.92 Å². The number of nitrogens with zero attached hydrogens (tertiary/aromatic N) is 2. The zero-order valence-corrected chi connectivity index (χ0v) is 8.44. The van der Waals surface area contributed by atoms with Gasteiger partial charge >= 0.3 is 5.97 Å². The van der Waals surface area contributed by atoms with Gasteiger partial charge in [-0.25, -0.2) is 4.98 Å². The van der Waals surface area contributed by atoms with Crippen molar-refractivity contribution in [3.8, 4) is 0 Å². The largest absolute Gasteiger partial charge is 0.481 e. The van der Waals surface area contributed by atoms with E-state index in [0.29, 0.717) is 6.42 Å². The molecule has 0 saturated carbocycles. The van der Waals surface area contributed by atoms with Gasteiger partial charge in [0, 0.05) is 19.2 Å². The normalized spacial score (nSPS) is 10.4. The van der Waals surface area contributed by atoms with E-state index in [0.717, 1.165) is 25.1 Å². The highest BCUT2D eigenvalue weighted by atomic mass is 16.4. The van der Waals surface area contributed by atoms with E-state index in [1.165, 1.54) is 0 Å². The molecule has 1 aromatic heterocycles. The molecule has 0 aliphatic rings. The number of carbonyl (C=O) groups is 1. The summed E-state index contributed by atoms with van der Waals surface area (Å²) in [6, 6.07) is 0. The summed E-state index contributed by atoms with van der Waals surface area (Å²) in [5.41, 5.74) is 0.986. The highest BCUT2D eigenvalue weighted by Crippen LogP contribution is 2.03. The van der Waals surface area contributed by atoms with Crippen molar-refractivity contribution in [3.63, 3.8) is 0 Å². The third kappa shape index (κ3) is 3.60. The maximum absolute atomic E-state index is 10.3. The molecule has 0 aliphatic heterocycles. The molecule has 14 heavy (non-hydrogen) atoms. The molecule has 0 radical (unpaired) electrons. The summed E-state index contributed by atoms with van der Waals surface area (Å²) in [6.07, 6.45) is 6.53. The number of imidazole rings is 1. The lowest BCUT2D eigenvalue weighted by Gasteiger charge is -1.96. The third-order valence-electron chi connectivity index (χ3n) is 1.99. The predicted molar refractivity (Wildman–Crippen MR) is 53.1 cm³/mol. The summed E-state index contributed by atoms with van der Waals surface area (Å²) in [6.45, 7) is 3.09. The van der Waals surface area contributed by atoms with E-state index in [-0.39, 0.29) is 6.42 Å². The van der Waals surface area contributed by atoms with Crippen LogP contribution in [0, 0.1) is 0 Å². The zero-order valence-electron chi connectivity index (χ0n) is 8.44. The smallest absolute Gasteiger partial charge is 0.303 e. The number of hydrogen-bond acceptors (Lipinski definition) is 2. The molecule has 78 valence electrons. The average molecular weight is 196 g/mol. The van der Waals surface area contributed by atoms with E-state index in [9.17, 15) is 4.79 Å². The van der Waals surface area contributed by atoms with Crippen LogP contribution in [-0.4, -0.2) is 20.6 Å². The van der Waals surface area contributed by atoms with E-state index in [4.69, 9.17) is 5.11 Å². The molecule has 1 N–H and O–H groups in total. The molecule has 1 aromatic rings. The highest BCUT2D eigenvalue weighted by molar-refractivity contribution is 5.66. The van der Waals surface area contributed by atoms with E-state index in [2.05, 4.69) is 11.9 Å². The van der Waals surface area contributed by atoms with E-state index in [1.54, 1.807) is 6.33 Å². The van der Waals surface area contributed by atoms with Crippen molar-refractivity contribution in [1.29, 1.82) is 0 Å². The Morgan fingerprint density at radius 1 is 1.64 bits per heavy atom. The first-order valence-corrected chi connectivity index (χ1v) is 4.95. The molecule has 4 heteroatoms. The van der Waals surface area contributed by atoms with Crippen LogP contribution in [0.4, 0.5) is 0 Å². The van der Waals surface area contributed by atoms with Gasteiger partial charge in [0.05, 0.1) is 12.0 Å². The first-order chi connectivity index (χ1) is 6.72. The van der Waals surface area contributed by atoms with Crippen LogP contribution in [0.2, 0.25) is 0 Å². The molecule has 1 heterocycles. The van der Waals surface area contributed by atoms with Crippen molar-refractivity contribution in [2.24, 2.45) is 0 Å². The summed E-state index contributed by atoms with van der Waals surface area (Å²) in [7, 11) is 0. The van der Waals surface area contributed by atoms with Gasteiger partial charge in [0.2, 0.25) is 0 Å². The Labute approximate surface area is 83.6 Å². The van der Waals surface area contributed by atoms with Gasteiger partial charge in [0.25, 0.3) is 0 Å². The molecule has 0 spiro atoms. The molecule has 0 amide bonds. The molecule has 4 nitrogen and oxygen atoms in total. The number of aryl methyl sites for hydroxylation is 2. The molecule has 0 atom stereocenters. The minimum Gasteiger partial charge on any atom is -0.481 e. The number of aromatic nitrogens is 2. The molecular formula is C10H16N2O2. The Morgan fingerprint density at radius 3 is 3.07 bits per heavy atom. The van der Waals surface area contributed by atoms with Gasteiger partial charge in [0.1, 0.15) is 0 Å². The van der Waals surface area contributed by atoms with Crippen LogP contribution in [0.3, 0.4) is 0 Å². The van der Waals surface area contributed by atoms with Crippen LogP contribution in [-0.2, 0) is 17.8 Å². The van der Waals surface area contributed by atoms with Gasteiger partial charge in [-0.05, 0) is 19.3 Å². The SMILES string of the molecule is CCCn1cnc(CCCC(=O)O)c1. The number of hydrogen-bond donors (Lipinski definition) is 1. The van der Waals surface area contributed by atoms with E-state index >= 15 is 0 Å². The Bertz CT molecular complexity index is 294. The standard InChI is InChI=1S/C10H16N2O2/c1-2-6-12-7-9(11-8-12)4-3-5-10(13)14/h7-8H,2-6H2,1H3,(H,13,14).